The molecule has 0 bridgehead atoms. The van der Waals surface area contributed by atoms with E-state index >= 15 is 0 Å². The summed E-state index contributed by atoms with van der Waals surface area (Å²) in [5.41, 5.74) is 6.27. The van der Waals surface area contributed by atoms with E-state index in [-0.39, 0.29) is 11.9 Å². The zero-order chi connectivity index (χ0) is 14.8. The van der Waals surface area contributed by atoms with Gasteiger partial charge >= 0.3 is 0 Å². The zero-order valence-corrected chi connectivity index (χ0v) is 12.1. The summed E-state index contributed by atoms with van der Waals surface area (Å²) in [6.07, 6.45) is 8.27. The minimum absolute atomic E-state index is 0.292. The van der Waals surface area contributed by atoms with Gasteiger partial charge in [0.1, 0.15) is 11.9 Å². The monoisotopic (exact) mass is 288 g/mol. The van der Waals surface area contributed by atoms with Gasteiger partial charge < -0.3 is 20.4 Å². The number of hydrogen-bond donors (Lipinski definition) is 2. The van der Waals surface area contributed by atoms with Gasteiger partial charge in [-0.3, -0.25) is 4.79 Å². The van der Waals surface area contributed by atoms with Crippen molar-refractivity contribution in [3.63, 3.8) is 0 Å². The molecule has 1 aliphatic rings. The van der Waals surface area contributed by atoms with Gasteiger partial charge in [0.2, 0.25) is 5.91 Å². The average molecular weight is 288 g/mol. The van der Waals surface area contributed by atoms with E-state index in [1.165, 1.54) is 0 Å². The van der Waals surface area contributed by atoms with Gasteiger partial charge in [0.25, 0.3) is 0 Å². The van der Waals surface area contributed by atoms with E-state index in [0.717, 1.165) is 49.6 Å². The highest BCUT2D eigenvalue weighted by Crippen LogP contribution is 2.28. The molecule has 1 unspecified atom stereocenters. The topological polar surface area (TPSA) is 88.5 Å². The van der Waals surface area contributed by atoms with E-state index in [0.29, 0.717) is 0 Å². The number of amides is 1. The zero-order valence-electron chi connectivity index (χ0n) is 12.1. The minimum atomic E-state index is -0.300. The number of carbonyl (C=O) groups is 1. The molecule has 0 aliphatic carbocycles. The van der Waals surface area contributed by atoms with Crippen molar-refractivity contribution < 1.29 is 4.79 Å². The Bertz CT molecular complexity index is 652. The Morgan fingerprint density at radius 2 is 2.43 bits per heavy atom. The Morgan fingerprint density at radius 1 is 1.57 bits per heavy atom. The fourth-order valence-corrected chi connectivity index (χ4v) is 2.76. The first-order chi connectivity index (χ1) is 10.2. The van der Waals surface area contributed by atoms with Crippen molar-refractivity contribution in [3.05, 3.63) is 18.6 Å². The van der Waals surface area contributed by atoms with Crippen LogP contribution in [-0.2, 0) is 4.79 Å². The molecule has 7 nitrogen and oxygen atoms in total. The van der Waals surface area contributed by atoms with Crippen LogP contribution >= 0.6 is 0 Å². The van der Waals surface area contributed by atoms with E-state index in [9.17, 15) is 4.79 Å². The number of nitrogens with zero attached hydrogens (tertiary/aromatic N) is 4. The predicted octanol–water partition coefficient (Wildman–Crippen LogP) is 1.01. The molecular formula is C14H20N6O. The highest BCUT2D eigenvalue weighted by atomic mass is 16.1. The van der Waals surface area contributed by atoms with Crippen LogP contribution in [0.4, 0.5) is 11.6 Å². The molecule has 2 aromatic rings. The van der Waals surface area contributed by atoms with E-state index in [2.05, 4.69) is 22.2 Å². The number of nitrogens with one attached hydrogen (secondary N) is 1. The maximum Gasteiger partial charge on any atom is 0.240 e. The summed E-state index contributed by atoms with van der Waals surface area (Å²) in [6, 6.07) is -0.292. The Hall–Kier alpha value is -2.31. The second-order valence-corrected chi connectivity index (χ2v) is 5.29. The van der Waals surface area contributed by atoms with Crippen molar-refractivity contribution in [2.45, 2.75) is 32.2 Å². The molecule has 2 aromatic heterocycles. The summed E-state index contributed by atoms with van der Waals surface area (Å²) >= 11 is 0. The first-order valence-electron chi connectivity index (χ1n) is 7.34. The van der Waals surface area contributed by atoms with Gasteiger partial charge in [0, 0.05) is 25.5 Å². The third-order valence-electron chi connectivity index (χ3n) is 3.77. The van der Waals surface area contributed by atoms with Crippen LogP contribution in [0.25, 0.3) is 5.65 Å². The quantitative estimate of drug-likeness (QED) is 0.857. The molecule has 0 saturated carbocycles. The Labute approximate surface area is 123 Å². The molecule has 0 radical (unpaired) electrons. The number of nitrogens with two attached hydrogens (primary N) is 1. The lowest BCUT2D eigenvalue weighted by Gasteiger charge is -2.24. The lowest BCUT2D eigenvalue weighted by atomic mass is 10.2. The van der Waals surface area contributed by atoms with Crippen LogP contribution in [0.15, 0.2) is 18.6 Å². The van der Waals surface area contributed by atoms with Crippen LogP contribution in [0.3, 0.4) is 0 Å². The van der Waals surface area contributed by atoms with E-state index < -0.39 is 0 Å². The molecule has 3 rings (SSSR count). The van der Waals surface area contributed by atoms with Gasteiger partial charge in [0.15, 0.2) is 11.5 Å². The van der Waals surface area contributed by atoms with Crippen LogP contribution in [0.5, 0.6) is 0 Å². The summed E-state index contributed by atoms with van der Waals surface area (Å²) in [7, 11) is 0. The number of aromatic nitrogens is 3. The summed E-state index contributed by atoms with van der Waals surface area (Å²) in [4.78, 5) is 22.6. The van der Waals surface area contributed by atoms with Crippen LogP contribution in [0.2, 0.25) is 0 Å². The van der Waals surface area contributed by atoms with E-state index in [1.807, 2.05) is 21.7 Å². The molecule has 7 heteroatoms. The molecule has 1 aliphatic heterocycles. The lowest BCUT2D eigenvalue weighted by molar-refractivity contribution is -0.119. The minimum Gasteiger partial charge on any atom is -0.369 e. The Morgan fingerprint density at radius 3 is 3.19 bits per heavy atom. The van der Waals surface area contributed by atoms with Gasteiger partial charge in [-0.25, -0.2) is 9.97 Å². The molecule has 1 fully saturated rings. The maximum absolute atomic E-state index is 11.6. The number of carbonyl (C=O) groups excluding carboxylic acids is 1. The van der Waals surface area contributed by atoms with Gasteiger partial charge in [-0.1, -0.05) is 6.92 Å². The molecule has 1 atom stereocenters. The number of primary amides is 1. The van der Waals surface area contributed by atoms with Crippen molar-refractivity contribution in [2.75, 3.05) is 23.3 Å². The molecule has 0 aromatic carbocycles. The van der Waals surface area contributed by atoms with E-state index in [1.54, 1.807) is 6.20 Å². The SMILES string of the molecule is CCCNc1cn2ccnc2c(N2CCCC2C(N)=O)n1. The standard InChI is InChI=1S/C14H20N6O/c1-2-5-16-11-9-19-8-6-17-13(19)14(18-11)20-7-3-4-10(20)12(15)21/h6,8-10,16H,2-5,7H2,1H3,(H2,15,21). The number of anilines is 2. The summed E-state index contributed by atoms with van der Waals surface area (Å²) < 4.78 is 1.93. The second-order valence-electron chi connectivity index (χ2n) is 5.29. The van der Waals surface area contributed by atoms with Crippen LogP contribution < -0.4 is 16.0 Å². The number of rotatable bonds is 5. The predicted molar refractivity (Wildman–Crippen MR) is 81.3 cm³/mol. The fourth-order valence-electron chi connectivity index (χ4n) is 2.76. The summed E-state index contributed by atoms with van der Waals surface area (Å²) in [5, 5.41) is 3.28. The molecule has 1 saturated heterocycles. The van der Waals surface area contributed by atoms with Crippen molar-refractivity contribution in [1.29, 1.82) is 0 Å². The molecule has 21 heavy (non-hydrogen) atoms. The van der Waals surface area contributed by atoms with Crippen LogP contribution in [0.1, 0.15) is 26.2 Å². The normalized spacial score (nSPS) is 18.3. The fraction of sp³-hybridized carbons (Fsp3) is 0.500. The largest absolute Gasteiger partial charge is 0.369 e. The van der Waals surface area contributed by atoms with Crippen molar-refractivity contribution >= 4 is 23.2 Å². The van der Waals surface area contributed by atoms with Gasteiger partial charge in [-0.05, 0) is 19.3 Å². The Balaban J connectivity index is 2.03. The average Bonchev–Trinajstić information content (AvgIpc) is 3.12. The molecular weight excluding hydrogens is 268 g/mol. The first kappa shape index (κ1) is 13.7. The van der Waals surface area contributed by atoms with Gasteiger partial charge in [-0.2, -0.15) is 0 Å². The maximum atomic E-state index is 11.6. The summed E-state index contributed by atoms with van der Waals surface area (Å²) in [5.74, 6) is 1.21. The molecule has 1 amide bonds. The third-order valence-corrected chi connectivity index (χ3v) is 3.77. The lowest BCUT2D eigenvalue weighted by Crippen LogP contribution is -2.41. The van der Waals surface area contributed by atoms with Crippen molar-refractivity contribution in [2.24, 2.45) is 5.73 Å². The highest BCUT2D eigenvalue weighted by molar-refractivity contribution is 5.85. The number of hydrogen-bond acceptors (Lipinski definition) is 5. The van der Waals surface area contributed by atoms with Gasteiger partial charge in [0.05, 0.1) is 6.20 Å². The van der Waals surface area contributed by atoms with Gasteiger partial charge in [-0.15, -0.1) is 0 Å². The van der Waals surface area contributed by atoms with E-state index in [4.69, 9.17) is 5.73 Å². The molecule has 3 heterocycles. The number of fused-ring (bicyclic) bond motifs is 1. The summed E-state index contributed by atoms with van der Waals surface area (Å²) in [6.45, 7) is 3.74. The van der Waals surface area contributed by atoms with Crippen molar-refractivity contribution in [1.82, 2.24) is 14.4 Å². The molecule has 3 N–H and O–H groups in total. The first-order valence-corrected chi connectivity index (χ1v) is 7.34. The number of imidazole rings is 1. The Kier molecular flexibility index (Phi) is 3.64. The highest BCUT2D eigenvalue weighted by Gasteiger charge is 2.31. The van der Waals surface area contributed by atoms with Crippen LogP contribution in [-0.4, -0.2) is 39.4 Å². The van der Waals surface area contributed by atoms with Crippen LogP contribution in [0, 0.1) is 0 Å². The second kappa shape index (κ2) is 5.59. The molecule has 112 valence electrons. The van der Waals surface area contributed by atoms with Crippen molar-refractivity contribution in [3.8, 4) is 0 Å². The smallest absolute Gasteiger partial charge is 0.240 e. The molecule has 0 spiro atoms. The third kappa shape index (κ3) is 2.51.